The van der Waals surface area contributed by atoms with Crippen LogP contribution in [-0.4, -0.2) is 73.2 Å². The summed E-state index contributed by atoms with van der Waals surface area (Å²) in [5.74, 6) is 0. The zero-order chi connectivity index (χ0) is 16.4. The number of amides is 2. The van der Waals surface area contributed by atoms with Gasteiger partial charge in [0.1, 0.15) is 0 Å². The van der Waals surface area contributed by atoms with Crippen LogP contribution in [0, 0.1) is 5.41 Å². The molecule has 0 aliphatic carbocycles. The molecule has 0 saturated carbocycles. The van der Waals surface area contributed by atoms with Gasteiger partial charge < -0.3 is 14.5 Å². The average Bonchev–Trinajstić information content (AvgIpc) is 3.30. The van der Waals surface area contributed by atoms with Gasteiger partial charge in [-0.1, -0.05) is 6.07 Å². The van der Waals surface area contributed by atoms with Crippen LogP contribution in [0.5, 0.6) is 0 Å². The Kier molecular flexibility index (Phi) is 4.79. The third-order valence-electron chi connectivity index (χ3n) is 5.56. The summed E-state index contributed by atoms with van der Waals surface area (Å²) >= 11 is 1.83. The van der Waals surface area contributed by atoms with Crippen LogP contribution in [0.15, 0.2) is 17.5 Å². The third kappa shape index (κ3) is 3.46. The molecule has 3 saturated heterocycles. The maximum absolute atomic E-state index is 12.8. The minimum Gasteiger partial charge on any atom is -0.379 e. The van der Waals surface area contributed by atoms with Crippen LogP contribution in [0.4, 0.5) is 4.79 Å². The minimum absolute atomic E-state index is 0.114. The molecule has 1 aromatic heterocycles. The molecule has 4 rings (SSSR count). The van der Waals surface area contributed by atoms with Crippen LogP contribution in [-0.2, 0) is 11.3 Å². The molecule has 5 nitrogen and oxygen atoms in total. The number of hydrogen-bond donors (Lipinski definition) is 0. The van der Waals surface area contributed by atoms with Crippen LogP contribution >= 0.6 is 11.3 Å². The highest BCUT2D eigenvalue weighted by molar-refractivity contribution is 7.09. The average molecular weight is 350 g/mol. The molecule has 3 aliphatic rings. The summed E-state index contributed by atoms with van der Waals surface area (Å²) in [6.45, 7) is 8.07. The van der Waals surface area contributed by atoms with Crippen molar-refractivity contribution in [1.29, 1.82) is 0 Å². The van der Waals surface area contributed by atoms with E-state index in [4.69, 9.17) is 4.74 Å². The Labute approximate surface area is 148 Å². The van der Waals surface area contributed by atoms with Gasteiger partial charge in [0, 0.05) is 49.6 Å². The zero-order valence-corrected chi connectivity index (χ0v) is 15.1. The molecule has 4 heterocycles. The maximum Gasteiger partial charge on any atom is 0.320 e. The molecule has 3 aliphatic heterocycles. The van der Waals surface area contributed by atoms with Gasteiger partial charge in [-0.15, -0.1) is 11.3 Å². The first-order valence-corrected chi connectivity index (χ1v) is 9.98. The van der Waals surface area contributed by atoms with Crippen molar-refractivity contribution in [1.82, 2.24) is 14.7 Å². The fourth-order valence-electron chi connectivity index (χ4n) is 4.30. The number of thiophene rings is 1. The van der Waals surface area contributed by atoms with Crippen LogP contribution in [0.3, 0.4) is 0 Å². The Morgan fingerprint density at radius 3 is 2.83 bits per heavy atom. The lowest BCUT2D eigenvalue weighted by Gasteiger charge is -2.34. The molecule has 1 spiro atoms. The molecule has 24 heavy (non-hydrogen) atoms. The molecule has 1 unspecified atom stereocenters. The van der Waals surface area contributed by atoms with Gasteiger partial charge in [-0.05, 0) is 37.3 Å². The smallest absolute Gasteiger partial charge is 0.320 e. The van der Waals surface area contributed by atoms with Crippen molar-refractivity contribution in [3.05, 3.63) is 22.4 Å². The second-order valence-electron chi connectivity index (χ2n) is 7.49. The van der Waals surface area contributed by atoms with Crippen molar-refractivity contribution in [2.24, 2.45) is 5.41 Å². The number of likely N-dealkylation sites (tertiary alicyclic amines) is 2. The number of carbonyl (C=O) groups is 1. The van der Waals surface area contributed by atoms with Gasteiger partial charge in [0.05, 0.1) is 13.2 Å². The number of carbonyl (C=O) groups excluding carboxylic acids is 1. The van der Waals surface area contributed by atoms with Crippen molar-refractivity contribution in [2.45, 2.75) is 25.8 Å². The topological polar surface area (TPSA) is 36.0 Å². The molecule has 0 N–H and O–H groups in total. The molecule has 3 fully saturated rings. The van der Waals surface area contributed by atoms with Gasteiger partial charge in [0.15, 0.2) is 0 Å². The van der Waals surface area contributed by atoms with Gasteiger partial charge in [0.25, 0.3) is 0 Å². The van der Waals surface area contributed by atoms with Gasteiger partial charge in [-0.2, -0.15) is 0 Å². The summed E-state index contributed by atoms with van der Waals surface area (Å²) in [5, 5.41) is 2.15. The second-order valence-corrected chi connectivity index (χ2v) is 8.52. The highest BCUT2D eigenvalue weighted by Gasteiger charge is 2.42. The Bertz CT molecular complexity index is 559. The quantitative estimate of drug-likeness (QED) is 0.823. The highest BCUT2D eigenvalue weighted by atomic mass is 32.1. The van der Waals surface area contributed by atoms with Gasteiger partial charge in [-0.3, -0.25) is 4.90 Å². The van der Waals surface area contributed by atoms with E-state index in [0.29, 0.717) is 6.61 Å². The van der Waals surface area contributed by atoms with E-state index in [2.05, 4.69) is 27.3 Å². The highest BCUT2D eigenvalue weighted by Crippen LogP contribution is 2.35. The Morgan fingerprint density at radius 2 is 2.04 bits per heavy atom. The lowest BCUT2D eigenvalue weighted by molar-refractivity contribution is 0.0711. The summed E-state index contributed by atoms with van der Waals surface area (Å²) in [7, 11) is 0. The van der Waals surface area contributed by atoms with Crippen LogP contribution < -0.4 is 0 Å². The summed E-state index contributed by atoms with van der Waals surface area (Å²) < 4.78 is 5.92. The molecule has 1 atom stereocenters. The van der Waals surface area contributed by atoms with Crippen molar-refractivity contribution < 1.29 is 9.53 Å². The fourth-order valence-corrected chi connectivity index (χ4v) is 5.04. The summed E-state index contributed by atoms with van der Waals surface area (Å²) in [5.41, 5.74) is 0.114. The molecule has 1 aromatic rings. The largest absolute Gasteiger partial charge is 0.379 e. The Balaban J connectivity index is 1.41. The standard InChI is InChI=1S/C18H27N3O2S/c22-17(20-6-1-2-7-20)21-9-10-23-15-18(14-21)5-8-19(13-18)12-16-4-3-11-24-16/h3-4,11H,1-2,5-10,12-15H2. The lowest BCUT2D eigenvalue weighted by atomic mass is 9.87. The maximum atomic E-state index is 12.8. The van der Waals surface area contributed by atoms with Crippen LogP contribution in [0.1, 0.15) is 24.1 Å². The van der Waals surface area contributed by atoms with Crippen LogP contribution in [0.25, 0.3) is 0 Å². The lowest BCUT2D eigenvalue weighted by Crippen LogP contribution is -2.48. The first kappa shape index (κ1) is 16.4. The molecule has 2 amide bonds. The van der Waals surface area contributed by atoms with Gasteiger partial charge in [-0.25, -0.2) is 4.79 Å². The number of urea groups is 1. The third-order valence-corrected chi connectivity index (χ3v) is 6.43. The Hall–Kier alpha value is -1.11. The predicted molar refractivity (Wildman–Crippen MR) is 95.2 cm³/mol. The first-order chi connectivity index (χ1) is 11.7. The zero-order valence-electron chi connectivity index (χ0n) is 14.3. The summed E-state index contributed by atoms with van der Waals surface area (Å²) in [4.78, 5) is 20.9. The Morgan fingerprint density at radius 1 is 1.17 bits per heavy atom. The van der Waals surface area contributed by atoms with Crippen molar-refractivity contribution >= 4 is 17.4 Å². The van der Waals surface area contributed by atoms with E-state index in [0.717, 1.165) is 71.7 Å². The summed E-state index contributed by atoms with van der Waals surface area (Å²) in [6, 6.07) is 4.56. The molecular weight excluding hydrogens is 322 g/mol. The van der Waals surface area contributed by atoms with E-state index < -0.39 is 0 Å². The van der Waals surface area contributed by atoms with Gasteiger partial charge in [0.2, 0.25) is 0 Å². The molecule has 6 heteroatoms. The first-order valence-electron chi connectivity index (χ1n) is 9.11. The van der Waals surface area contributed by atoms with Crippen molar-refractivity contribution in [2.75, 3.05) is 52.5 Å². The molecule has 0 bridgehead atoms. The number of nitrogens with zero attached hydrogens (tertiary/aromatic N) is 3. The van der Waals surface area contributed by atoms with E-state index >= 15 is 0 Å². The van der Waals surface area contributed by atoms with Gasteiger partial charge >= 0.3 is 6.03 Å². The number of ether oxygens (including phenoxy) is 1. The molecule has 132 valence electrons. The van der Waals surface area contributed by atoms with E-state index in [1.54, 1.807) is 0 Å². The van der Waals surface area contributed by atoms with Crippen LogP contribution in [0.2, 0.25) is 0 Å². The van der Waals surface area contributed by atoms with E-state index in [1.165, 1.54) is 4.88 Å². The number of rotatable bonds is 2. The number of hydrogen-bond acceptors (Lipinski definition) is 4. The van der Waals surface area contributed by atoms with E-state index in [-0.39, 0.29) is 11.4 Å². The monoisotopic (exact) mass is 349 g/mol. The predicted octanol–water partition coefficient (Wildman–Crippen LogP) is 2.49. The molecular formula is C18H27N3O2S. The fraction of sp³-hybridized carbons (Fsp3) is 0.722. The minimum atomic E-state index is 0.114. The summed E-state index contributed by atoms with van der Waals surface area (Å²) in [6.07, 6.45) is 3.42. The van der Waals surface area contributed by atoms with Crippen molar-refractivity contribution in [3.8, 4) is 0 Å². The van der Waals surface area contributed by atoms with E-state index in [1.807, 2.05) is 16.2 Å². The van der Waals surface area contributed by atoms with E-state index in [9.17, 15) is 4.79 Å². The second kappa shape index (κ2) is 7.02. The SMILES string of the molecule is O=C(N1CCCC1)N1CCOCC2(CCN(Cc3cccs3)C2)C1. The molecule has 0 aromatic carbocycles. The molecule has 0 radical (unpaired) electrons. The normalized spacial score (nSPS) is 28.7. The van der Waals surface area contributed by atoms with Crippen molar-refractivity contribution in [3.63, 3.8) is 0 Å².